The van der Waals surface area contributed by atoms with Crippen LogP contribution in [0.1, 0.15) is 156 Å². The van der Waals surface area contributed by atoms with Crippen molar-refractivity contribution >= 4 is 58.7 Å². The van der Waals surface area contributed by atoms with Crippen molar-refractivity contribution in [3.8, 4) is 11.5 Å². The lowest BCUT2D eigenvalue weighted by Crippen LogP contribution is -2.30. The molecule has 16 rings (SSSR count). The molecule has 0 radical (unpaired) electrons. The van der Waals surface area contributed by atoms with Crippen LogP contribution >= 0.6 is 0 Å². The summed E-state index contributed by atoms with van der Waals surface area (Å²) in [6.07, 6.45) is 9.63. The Kier molecular flexibility index (Phi) is 30.1. The Hall–Kier alpha value is -15.2. The van der Waals surface area contributed by atoms with Crippen molar-refractivity contribution in [3.63, 3.8) is 0 Å². The quantitative estimate of drug-likeness (QED) is 0.0205. The molecular formula is C102H98N18O8. The predicted octanol–water partition coefficient (Wildman–Crippen LogP) is 15.9. The van der Waals surface area contributed by atoms with E-state index in [0.29, 0.717) is 193 Å². The number of nitrogen functional groups attached to an aromatic ring is 2. The Morgan fingerprint density at radius 2 is 0.562 bits per heavy atom. The van der Waals surface area contributed by atoms with E-state index < -0.39 is 0 Å². The molecule has 6 N–H and O–H groups in total. The second-order valence-corrected chi connectivity index (χ2v) is 31.3. The van der Waals surface area contributed by atoms with Crippen LogP contribution in [0.15, 0.2) is 316 Å². The molecule has 0 aliphatic carbocycles. The van der Waals surface area contributed by atoms with E-state index in [0.717, 1.165) is 73.6 Å². The summed E-state index contributed by atoms with van der Waals surface area (Å²) in [4.78, 5) is 127. The number of rotatable bonds is 40. The fourth-order valence-electron chi connectivity index (χ4n) is 15.5. The first-order chi connectivity index (χ1) is 62.6. The second-order valence-electron chi connectivity index (χ2n) is 31.3. The molecule has 644 valence electrons. The highest BCUT2D eigenvalue weighted by Gasteiger charge is 2.36. The van der Waals surface area contributed by atoms with Crippen LogP contribution in [0, 0.1) is 0 Å². The summed E-state index contributed by atoms with van der Waals surface area (Å²) in [6, 6.07) is 90.8. The molecule has 0 atom stereocenters. The number of nitrogens with one attached hydrogen (secondary N) is 2. The van der Waals surface area contributed by atoms with Gasteiger partial charge in [-0.1, -0.05) is 121 Å². The van der Waals surface area contributed by atoms with Crippen molar-refractivity contribution < 1.29 is 38.2 Å². The van der Waals surface area contributed by atoms with Crippen molar-refractivity contribution in [3.05, 3.63) is 417 Å². The highest BCUT2D eigenvalue weighted by molar-refractivity contribution is 6.22. The van der Waals surface area contributed by atoms with Crippen molar-refractivity contribution in [1.82, 2.24) is 69.3 Å². The van der Waals surface area contributed by atoms with Crippen LogP contribution in [0.4, 0.5) is 23.3 Å². The average Bonchev–Trinajstić information content (AvgIpc) is 1.64. The number of anilines is 4. The molecule has 0 unspecified atom stereocenters. The van der Waals surface area contributed by atoms with Gasteiger partial charge in [0.05, 0.1) is 81.0 Å². The molecule has 14 aromatic rings. The number of carbonyl (C=O) groups is 6. The number of nitrogens with zero attached hydrogens (tertiary/aromatic N) is 14. The topological polar surface area (TPSA) is 320 Å². The summed E-state index contributed by atoms with van der Waals surface area (Å²) < 4.78 is 13.0. The zero-order chi connectivity index (χ0) is 88.2. The van der Waals surface area contributed by atoms with E-state index in [-0.39, 0.29) is 35.4 Å². The van der Waals surface area contributed by atoms with E-state index in [1.54, 1.807) is 122 Å². The van der Waals surface area contributed by atoms with E-state index in [1.165, 1.54) is 9.80 Å². The molecule has 2 aliphatic heterocycles. The van der Waals surface area contributed by atoms with Gasteiger partial charge in [0.1, 0.15) is 34.8 Å². The molecule has 6 amide bonds. The van der Waals surface area contributed by atoms with Crippen molar-refractivity contribution in [2.24, 2.45) is 0 Å². The number of ether oxygens (including phenoxy) is 2. The summed E-state index contributed by atoms with van der Waals surface area (Å²) in [5.74, 6) is 1.76. The Bertz CT molecular complexity index is 5760. The lowest BCUT2D eigenvalue weighted by molar-refractivity contribution is 0.0634. The zero-order valence-corrected chi connectivity index (χ0v) is 70.8. The van der Waals surface area contributed by atoms with Crippen LogP contribution < -0.4 is 31.6 Å². The molecule has 26 nitrogen and oxygen atoms in total. The summed E-state index contributed by atoms with van der Waals surface area (Å²) >= 11 is 0. The fourth-order valence-corrected chi connectivity index (χ4v) is 15.5. The number of unbranched alkanes of at least 4 members (excludes halogenated alkanes) is 2. The second kappa shape index (κ2) is 43.9. The third kappa shape index (κ3) is 25.1. The van der Waals surface area contributed by atoms with Crippen molar-refractivity contribution in [2.75, 3.05) is 48.4 Å². The van der Waals surface area contributed by atoms with Gasteiger partial charge in [0.2, 0.25) is 0 Å². The third-order valence-corrected chi connectivity index (χ3v) is 21.3. The first-order valence-corrected chi connectivity index (χ1v) is 42.6. The standard InChI is InChI=1S/C58H53N9O5.C44H45N9O3/c68-55(44-17-3-1-4-18-44)63-53-27-15-23-48(61-53)40-65(38-46-21-9-11-29-59-46)36-42-33-43(35-50(34-42)72-32-14-13-31-67-57(70)51-25-7-8-26-52(51)58(67)71)37-66(39-47-22-10-12-30-60-47)41-49-24-16-28-54(62-49)64-56(69)45-19-5-2-6-20-45;45-41-17-9-13-36(49-41)30-51(28-34-11-3-5-19-47-34)26-32-23-33(27-52(29-35-12-4-6-20-48-35)31-37-14-10-18-42(46)50-37)25-38(24-32)56-22-8-7-21-53-43(54)39-15-1-2-16-40(39)44(53)55/h1-12,15-30,33-35H,13-14,31-32,36-41H2,(H,61,63,68)(H,62,64,69);1-6,9-20,23-25H,7-8,21-22,26-31H2,(H2,45,49)(H2,46,50). The molecule has 10 heterocycles. The smallest absolute Gasteiger partial charge is 0.261 e. The highest BCUT2D eigenvalue weighted by atomic mass is 16.5. The van der Waals surface area contributed by atoms with Gasteiger partial charge in [-0.2, -0.15) is 0 Å². The van der Waals surface area contributed by atoms with Gasteiger partial charge in [-0.3, -0.25) is 78.1 Å². The van der Waals surface area contributed by atoms with Gasteiger partial charge in [-0.25, -0.2) is 19.9 Å². The molecule has 8 aromatic heterocycles. The molecular weight excluding hydrogens is 1610 g/mol. The number of imide groups is 2. The van der Waals surface area contributed by atoms with E-state index in [2.05, 4.69) is 84.4 Å². The third-order valence-electron chi connectivity index (χ3n) is 21.3. The number of benzene rings is 6. The van der Waals surface area contributed by atoms with Crippen LogP contribution in [0.5, 0.6) is 11.5 Å². The van der Waals surface area contributed by atoms with Gasteiger partial charge in [0, 0.05) is 128 Å². The molecule has 128 heavy (non-hydrogen) atoms. The lowest BCUT2D eigenvalue weighted by Gasteiger charge is -2.25. The largest absolute Gasteiger partial charge is 0.494 e. The molecule has 0 bridgehead atoms. The van der Waals surface area contributed by atoms with Gasteiger partial charge in [0.15, 0.2) is 0 Å². The maximum absolute atomic E-state index is 13.1. The Balaban J connectivity index is 0.000000203. The first-order valence-electron chi connectivity index (χ1n) is 42.6. The average molecular weight is 1700 g/mol. The number of nitrogens with two attached hydrogens (primary N) is 2. The Morgan fingerprint density at radius 3 is 0.859 bits per heavy atom. The molecule has 2 aliphatic rings. The maximum Gasteiger partial charge on any atom is 0.261 e. The van der Waals surface area contributed by atoms with Gasteiger partial charge >= 0.3 is 0 Å². The molecule has 0 saturated heterocycles. The maximum atomic E-state index is 13.1. The molecule has 0 spiro atoms. The van der Waals surface area contributed by atoms with E-state index >= 15 is 0 Å². The number of pyridine rings is 8. The van der Waals surface area contributed by atoms with Gasteiger partial charge < -0.3 is 31.6 Å². The minimum atomic E-state index is -0.267. The summed E-state index contributed by atoms with van der Waals surface area (Å²) in [5, 5.41) is 5.89. The van der Waals surface area contributed by atoms with Gasteiger partial charge in [-0.05, 0) is 218 Å². The van der Waals surface area contributed by atoms with Crippen LogP contribution in [-0.4, -0.2) is 131 Å². The minimum Gasteiger partial charge on any atom is -0.494 e. The van der Waals surface area contributed by atoms with Crippen LogP contribution in [0.25, 0.3) is 0 Å². The number of fused-ring (bicyclic) bond motifs is 2. The first kappa shape index (κ1) is 87.7. The van der Waals surface area contributed by atoms with E-state index in [1.807, 2.05) is 170 Å². The molecule has 6 aromatic carbocycles. The predicted molar refractivity (Wildman–Crippen MR) is 489 cm³/mol. The number of hydrogen-bond donors (Lipinski definition) is 4. The number of amides is 6. The molecule has 0 saturated carbocycles. The molecule has 26 heteroatoms. The number of aromatic nitrogens is 8. The van der Waals surface area contributed by atoms with Crippen molar-refractivity contribution in [1.29, 1.82) is 0 Å². The normalized spacial score (nSPS) is 12.2. The van der Waals surface area contributed by atoms with E-state index in [9.17, 15) is 28.8 Å². The van der Waals surface area contributed by atoms with Gasteiger partial charge in [-0.15, -0.1) is 0 Å². The number of carbonyl (C=O) groups excluding carboxylic acids is 6. The monoisotopic (exact) mass is 1700 g/mol. The Labute approximate surface area is 743 Å². The summed E-state index contributed by atoms with van der Waals surface area (Å²) in [7, 11) is 0. The van der Waals surface area contributed by atoms with Crippen LogP contribution in [-0.2, 0) is 78.5 Å². The van der Waals surface area contributed by atoms with Crippen molar-refractivity contribution in [2.45, 2.75) is 104 Å². The van der Waals surface area contributed by atoms with Crippen LogP contribution in [0.3, 0.4) is 0 Å². The van der Waals surface area contributed by atoms with E-state index in [4.69, 9.17) is 30.9 Å². The highest BCUT2D eigenvalue weighted by Crippen LogP contribution is 2.30. The summed E-state index contributed by atoms with van der Waals surface area (Å²) in [6.45, 7) is 7.81. The van der Waals surface area contributed by atoms with Crippen LogP contribution in [0.2, 0.25) is 0 Å². The SMILES string of the molecule is Nc1cccc(CN(Cc2cc(CN(Cc3ccccn3)Cc3cccc(N)n3)cc(OCCCCN3C(=O)c4ccccc4C3=O)c2)Cc2ccccn2)n1.O=C(Nc1cccc(CN(Cc2cc(CN(Cc3ccccn3)Cc3cccc(NC(=O)c4ccccc4)n3)cc(OCCCCN3C(=O)c4ccccc4C3=O)c2)Cc2ccccn2)n1)c1ccccc1. The Morgan fingerprint density at radius 1 is 0.289 bits per heavy atom. The minimum absolute atomic E-state index is 0.240. The zero-order valence-electron chi connectivity index (χ0n) is 70.8. The fraction of sp³-hybridized carbons (Fsp3) is 0.196. The number of hydrogen-bond acceptors (Lipinski definition) is 22. The lowest BCUT2D eigenvalue weighted by atomic mass is 10.1. The molecule has 0 fully saturated rings. The van der Waals surface area contributed by atoms with Gasteiger partial charge in [0.25, 0.3) is 35.4 Å². The summed E-state index contributed by atoms with van der Waals surface area (Å²) in [5.41, 5.74) is 26.0.